The summed E-state index contributed by atoms with van der Waals surface area (Å²) in [7, 11) is 1.73. The van der Waals surface area contributed by atoms with Gasteiger partial charge in [0, 0.05) is 28.5 Å². The lowest BCUT2D eigenvalue weighted by Gasteiger charge is -2.15. The normalized spacial score (nSPS) is 11.9. The number of fused-ring (bicyclic) bond motifs is 1. The number of H-pyrrole nitrogens is 1. The SMILES string of the molecule is CSc1ccc2[nH]cc(CCN(C)CC(F)F)c2c1. The molecule has 2 rings (SSSR count). The Morgan fingerprint density at radius 1 is 1.37 bits per heavy atom. The summed E-state index contributed by atoms with van der Waals surface area (Å²) in [5.41, 5.74) is 2.29. The number of halogens is 2. The van der Waals surface area contributed by atoms with Crippen LogP contribution in [0.2, 0.25) is 0 Å². The Balaban J connectivity index is 2.08. The minimum atomic E-state index is -2.27. The number of aromatic amines is 1. The van der Waals surface area contributed by atoms with Crippen molar-refractivity contribution in [2.45, 2.75) is 17.7 Å². The van der Waals surface area contributed by atoms with Gasteiger partial charge in [-0.05, 0) is 43.5 Å². The first-order valence-corrected chi connectivity index (χ1v) is 7.43. The van der Waals surface area contributed by atoms with E-state index in [9.17, 15) is 8.78 Å². The summed E-state index contributed by atoms with van der Waals surface area (Å²) in [5.74, 6) is 0. The Morgan fingerprint density at radius 3 is 2.84 bits per heavy atom. The summed E-state index contributed by atoms with van der Waals surface area (Å²) in [6.07, 6.45) is 2.53. The second kappa shape index (κ2) is 6.39. The smallest absolute Gasteiger partial charge is 0.251 e. The van der Waals surface area contributed by atoms with Crippen molar-refractivity contribution in [3.8, 4) is 0 Å². The Hall–Kier alpha value is -1.07. The van der Waals surface area contributed by atoms with Crippen LogP contribution in [0, 0.1) is 0 Å². The molecule has 0 unspecified atom stereocenters. The molecular weight excluding hydrogens is 266 g/mol. The highest BCUT2D eigenvalue weighted by atomic mass is 32.2. The number of likely N-dealkylation sites (N-methyl/N-ethyl adjacent to an activating group) is 1. The number of aromatic nitrogens is 1. The van der Waals surface area contributed by atoms with Gasteiger partial charge in [-0.15, -0.1) is 11.8 Å². The van der Waals surface area contributed by atoms with Crippen LogP contribution in [0.25, 0.3) is 10.9 Å². The molecule has 1 N–H and O–H groups in total. The topological polar surface area (TPSA) is 19.0 Å². The Labute approximate surface area is 116 Å². The van der Waals surface area contributed by atoms with E-state index in [1.165, 1.54) is 15.8 Å². The molecule has 2 aromatic rings. The van der Waals surface area contributed by atoms with Crippen LogP contribution in [0.3, 0.4) is 0 Å². The molecule has 0 amide bonds. The zero-order chi connectivity index (χ0) is 13.8. The molecule has 0 spiro atoms. The molecule has 0 saturated heterocycles. The molecule has 0 aliphatic heterocycles. The first-order valence-electron chi connectivity index (χ1n) is 6.21. The van der Waals surface area contributed by atoms with E-state index in [0.29, 0.717) is 6.54 Å². The molecule has 1 heterocycles. The minimum absolute atomic E-state index is 0.168. The van der Waals surface area contributed by atoms with Gasteiger partial charge >= 0.3 is 0 Å². The van der Waals surface area contributed by atoms with Gasteiger partial charge in [0.05, 0.1) is 6.54 Å². The van der Waals surface area contributed by atoms with Crippen LogP contribution >= 0.6 is 11.8 Å². The minimum Gasteiger partial charge on any atom is -0.361 e. The van der Waals surface area contributed by atoms with Gasteiger partial charge in [-0.25, -0.2) is 8.78 Å². The van der Waals surface area contributed by atoms with Gasteiger partial charge in [-0.2, -0.15) is 0 Å². The van der Waals surface area contributed by atoms with Crippen LogP contribution < -0.4 is 0 Å². The molecular formula is C14H18F2N2S. The third-order valence-corrected chi connectivity index (χ3v) is 3.91. The maximum Gasteiger partial charge on any atom is 0.251 e. The molecule has 0 aliphatic carbocycles. The summed E-state index contributed by atoms with van der Waals surface area (Å²) in [4.78, 5) is 6.11. The molecule has 2 nitrogen and oxygen atoms in total. The van der Waals surface area contributed by atoms with Gasteiger partial charge in [-0.1, -0.05) is 0 Å². The van der Waals surface area contributed by atoms with Crippen molar-refractivity contribution >= 4 is 22.7 Å². The third kappa shape index (κ3) is 3.70. The molecule has 0 fully saturated rings. The Kier molecular flexibility index (Phi) is 4.82. The lowest BCUT2D eigenvalue weighted by atomic mass is 10.1. The van der Waals surface area contributed by atoms with Crippen LogP contribution in [0.5, 0.6) is 0 Å². The Morgan fingerprint density at radius 2 is 2.16 bits per heavy atom. The molecule has 104 valence electrons. The van der Waals surface area contributed by atoms with E-state index >= 15 is 0 Å². The molecule has 0 saturated carbocycles. The molecule has 19 heavy (non-hydrogen) atoms. The fraction of sp³-hybridized carbons (Fsp3) is 0.429. The average Bonchev–Trinajstić information content (AvgIpc) is 2.77. The standard InChI is InChI=1S/C14H18F2N2S/c1-18(9-14(15)16)6-5-10-8-17-13-4-3-11(19-2)7-12(10)13/h3-4,7-8,14,17H,5-6,9H2,1-2H3. The van der Waals surface area contributed by atoms with Gasteiger partial charge in [-0.3, -0.25) is 0 Å². The molecule has 1 aromatic carbocycles. The first-order chi connectivity index (χ1) is 9.10. The number of hydrogen-bond donors (Lipinski definition) is 1. The molecule has 0 atom stereocenters. The molecule has 0 bridgehead atoms. The summed E-state index contributed by atoms with van der Waals surface area (Å²) < 4.78 is 24.5. The molecule has 0 aliphatic rings. The van der Waals surface area contributed by atoms with Crippen molar-refractivity contribution in [1.29, 1.82) is 0 Å². The van der Waals surface area contributed by atoms with E-state index in [4.69, 9.17) is 0 Å². The quantitative estimate of drug-likeness (QED) is 0.817. The largest absolute Gasteiger partial charge is 0.361 e. The summed E-state index contributed by atoms with van der Waals surface area (Å²) in [5, 5.41) is 1.19. The summed E-state index contributed by atoms with van der Waals surface area (Å²) in [6, 6.07) is 6.29. The van der Waals surface area contributed by atoms with E-state index in [1.807, 2.05) is 12.5 Å². The van der Waals surface area contributed by atoms with E-state index < -0.39 is 6.43 Å². The van der Waals surface area contributed by atoms with Gasteiger partial charge in [0.1, 0.15) is 0 Å². The monoisotopic (exact) mass is 284 g/mol. The van der Waals surface area contributed by atoms with Crippen molar-refractivity contribution in [3.63, 3.8) is 0 Å². The van der Waals surface area contributed by atoms with Crippen molar-refractivity contribution in [2.75, 3.05) is 26.4 Å². The lowest BCUT2D eigenvalue weighted by molar-refractivity contribution is 0.101. The highest BCUT2D eigenvalue weighted by Gasteiger charge is 2.09. The predicted molar refractivity (Wildman–Crippen MR) is 77.3 cm³/mol. The van der Waals surface area contributed by atoms with E-state index in [-0.39, 0.29) is 6.54 Å². The number of hydrogen-bond acceptors (Lipinski definition) is 2. The summed E-state index contributed by atoms with van der Waals surface area (Å²) >= 11 is 1.71. The van der Waals surface area contributed by atoms with Crippen molar-refractivity contribution < 1.29 is 8.78 Å². The fourth-order valence-corrected chi connectivity index (χ4v) is 2.57. The second-order valence-corrected chi connectivity index (χ2v) is 5.51. The fourth-order valence-electron chi connectivity index (χ4n) is 2.13. The highest BCUT2D eigenvalue weighted by molar-refractivity contribution is 7.98. The second-order valence-electron chi connectivity index (χ2n) is 4.63. The van der Waals surface area contributed by atoms with Gasteiger partial charge in [0.25, 0.3) is 6.43 Å². The zero-order valence-corrected chi connectivity index (χ0v) is 11.9. The van der Waals surface area contributed by atoms with E-state index in [2.05, 4.69) is 23.2 Å². The number of nitrogens with zero attached hydrogens (tertiary/aromatic N) is 1. The van der Waals surface area contributed by atoms with Crippen LogP contribution in [0.15, 0.2) is 29.3 Å². The van der Waals surface area contributed by atoms with Crippen LogP contribution in [-0.2, 0) is 6.42 Å². The van der Waals surface area contributed by atoms with Crippen LogP contribution in [0.4, 0.5) is 8.78 Å². The summed E-state index contributed by atoms with van der Waals surface area (Å²) in [6.45, 7) is 0.471. The molecule has 1 aromatic heterocycles. The number of alkyl halides is 2. The maximum absolute atomic E-state index is 12.3. The molecule has 0 radical (unpaired) electrons. The molecule has 5 heteroatoms. The lowest BCUT2D eigenvalue weighted by Crippen LogP contribution is -2.26. The van der Waals surface area contributed by atoms with E-state index in [1.54, 1.807) is 23.7 Å². The first kappa shape index (κ1) is 14.3. The Bertz CT molecular complexity index is 539. The highest BCUT2D eigenvalue weighted by Crippen LogP contribution is 2.24. The predicted octanol–water partition coefficient (Wildman–Crippen LogP) is 3.63. The number of benzene rings is 1. The van der Waals surface area contributed by atoms with Crippen LogP contribution in [0.1, 0.15) is 5.56 Å². The van der Waals surface area contributed by atoms with E-state index in [0.717, 1.165) is 11.9 Å². The number of rotatable bonds is 6. The van der Waals surface area contributed by atoms with Gasteiger partial charge < -0.3 is 9.88 Å². The van der Waals surface area contributed by atoms with Crippen molar-refractivity contribution in [2.24, 2.45) is 0 Å². The maximum atomic E-state index is 12.3. The zero-order valence-electron chi connectivity index (χ0n) is 11.1. The van der Waals surface area contributed by atoms with Crippen molar-refractivity contribution in [1.82, 2.24) is 9.88 Å². The van der Waals surface area contributed by atoms with Gasteiger partial charge in [0.2, 0.25) is 0 Å². The number of nitrogens with one attached hydrogen (secondary N) is 1. The van der Waals surface area contributed by atoms with Gasteiger partial charge in [0.15, 0.2) is 0 Å². The average molecular weight is 284 g/mol. The number of thioether (sulfide) groups is 1. The van der Waals surface area contributed by atoms with Crippen LogP contribution in [-0.4, -0.2) is 42.7 Å². The third-order valence-electron chi connectivity index (χ3n) is 3.19. The van der Waals surface area contributed by atoms with Crippen molar-refractivity contribution in [3.05, 3.63) is 30.0 Å².